The van der Waals surface area contributed by atoms with Crippen molar-refractivity contribution in [2.24, 2.45) is 41.4 Å². The lowest BCUT2D eigenvalue weighted by molar-refractivity contribution is -0.905. The van der Waals surface area contributed by atoms with Gasteiger partial charge in [0.2, 0.25) is 0 Å². The summed E-state index contributed by atoms with van der Waals surface area (Å²) in [7, 11) is 1.39. The van der Waals surface area contributed by atoms with E-state index in [9.17, 15) is 29.4 Å². The molecule has 1 saturated heterocycles. The van der Waals surface area contributed by atoms with Crippen LogP contribution in [0.2, 0.25) is 0 Å². The average molecular weight is 714 g/mol. The molecule has 5 aliphatic rings. The Balaban J connectivity index is 1.20. The van der Waals surface area contributed by atoms with Crippen LogP contribution < -0.4 is 4.90 Å². The second-order valence-corrected chi connectivity index (χ2v) is 15.3. The molecule has 1 aromatic heterocycles. The van der Waals surface area contributed by atoms with Crippen molar-refractivity contribution in [1.82, 2.24) is 4.98 Å². The number of fused-ring (bicyclic) bond motifs is 6. The predicted molar refractivity (Wildman–Crippen MR) is 181 cm³/mol. The number of cyclic esters (lactones) is 1. The van der Waals surface area contributed by atoms with Crippen molar-refractivity contribution < 1.29 is 58.0 Å². The summed E-state index contributed by atoms with van der Waals surface area (Å²) in [6, 6.07) is 3.35. The number of aromatic nitrogens is 1. The zero-order valence-electron chi connectivity index (χ0n) is 30.1. The van der Waals surface area contributed by atoms with E-state index in [0.29, 0.717) is 17.8 Å². The number of piperidine rings is 1. The van der Waals surface area contributed by atoms with Gasteiger partial charge in [0.15, 0.2) is 6.10 Å². The number of carbonyl (C=O) groups is 4. The molecule has 280 valence electrons. The summed E-state index contributed by atoms with van der Waals surface area (Å²) in [4.78, 5) is 56.1. The van der Waals surface area contributed by atoms with Crippen molar-refractivity contribution in [3.63, 3.8) is 0 Å². The Kier molecular flexibility index (Phi) is 11.1. The summed E-state index contributed by atoms with van der Waals surface area (Å²) in [5, 5.41) is 24.5. The van der Waals surface area contributed by atoms with Crippen LogP contribution >= 0.6 is 0 Å². The van der Waals surface area contributed by atoms with Gasteiger partial charge in [-0.1, -0.05) is 32.1 Å². The first-order valence-corrected chi connectivity index (χ1v) is 18.4. The highest BCUT2D eigenvalue weighted by Gasteiger charge is 2.71. The summed E-state index contributed by atoms with van der Waals surface area (Å²) >= 11 is 0. The topological polar surface area (TPSA) is 175 Å². The number of aliphatic hydroxyl groups excluding tert-OH is 1. The first-order chi connectivity index (χ1) is 24.4. The third-order valence-electron chi connectivity index (χ3n) is 12.4. The highest BCUT2D eigenvalue weighted by molar-refractivity contribution is 6.29. The SMILES string of the molecule is CO[C@H]1C[C@H]2C=CC3C(C4[C@H]3[C@H](OC(=O)c3ccc[nH]3)[C@H](C)[C@H]4O)[C@]2(O)/C(C)=C/[C@@H](C)[C@@H]([C@@H](C)OC(=O)C(=O)OCC[NH+]2CCCCC2)OC1=O. The Hall–Kier alpha value is -3.52. The van der Waals surface area contributed by atoms with E-state index in [1.165, 1.54) is 18.4 Å². The number of aromatic amines is 1. The number of allylic oxidation sites excluding steroid dienone is 1. The van der Waals surface area contributed by atoms with Crippen LogP contribution in [0.5, 0.6) is 0 Å². The van der Waals surface area contributed by atoms with Gasteiger partial charge in [0.05, 0.1) is 24.8 Å². The normalized spacial score (nSPS) is 39.5. The molecule has 3 unspecified atom stereocenters. The van der Waals surface area contributed by atoms with E-state index >= 15 is 0 Å². The monoisotopic (exact) mass is 713 g/mol. The Labute approximate surface area is 298 Å². The maximum absolute atomic E-state index is 13.6. The number of hydrogen-bond acceptors (Lipinski definition) is 11. The molecule has 51 heavy (non-hydrogen) atoms. The molecule has 3 heterocycles. The summed E-state index contributed by atoms with van der Waals surface area (Å²) in [5.74, 6) is -6.19. The number of ether oxygens (including phenoxy) is 5. The minimum absolute atomic E-state index is 0.0889. The summed E-state index contributed by atoms with van der Waals surface area (Å²) in [5.41, 5.74) is -0.556. The quantitative estimate of drug-likeness (QED) is 0.133. The molecule has 0 bridgehead atoms. The van der Waals surface area contributed by atoms with Crippen LogP contribution in [0, 0.1) is 41.4 Å². The van der Waals surface area contributed by atoms with Gasteiger partial charge in [-0.2, -0.15) is 0 Å². The third kappa shape index (κ3) is 7.02. The van der Waals surface area contributed by atoms with E-state index in [-0.39, 0.29) is 36.7 Å². The molecular weight excluding hydrogens is 660 g/mol. The maximum Gasteiger partial charge on any atom is 0.417 e. The van der Waals surface area contributed by atoms with Crippen molar-refractivity contribution in [3.8, 4) is 0 Å². The van der Waals surface area contributed by atoms with Gasteiger partial charge in [-0.25, -0.2) is 19.2 Å². The number of likely N-dealkylation sites (tertiary alicyclic amines) is 1. The Bertz CT molecular complexity index is 1500. The van der Waals surface area contributed by atoms with E-state index < -0.39 is 77.8 Å². The number of carbonyl (C=O) groups excluding carboxylic acids is 4. The lowest BCUT2D eigenvalue weighted by Gasteiger charge is -2.61. The molecule has 0 spiro atoms. The lowest BCUT2D eigenvalue weighted by atomic mass is 9.46. The number of methoxy groups -OCH3 is 1. The standard InChI is InChI=1S/C38H52N2O11/c1-20-18-21(2)38(46)24(11-12-25-28-29(30(25)38)31(41)22(3)33(28)51-34(42)26-10-9-13-39-26)19-27(47-5)35(43)50-32(20)23(4)49-37(45)36(44)48-17-16-40-14-7-6-8-15-40/h9-13,18,20,22-25,27-33,39,41,46H,6-8,14-17,19H2,1-5H3/p+1/b21-18+/t20-,22-,23-,24-,25?,27+,28+,29?,30?,31-,32+,33-,38+/m1/s1. The van der Waals surface area contributed by atoms with Crippen molar-refractivity contribution in [2.75, 3.05) is 33.4 Å². The van der Waals surface area contributed by atoms with E-state index in [1.54, 1.807) is 32.2 Å². The van der Waals surface area contributed by atoms with Gasteiger partial charge in [0.1, 0.15) is 37.2 Å². The summed E-state index contributed by atoms with van der Waals surface area (Å²) in [6.45, 7) is 9.76. The van der Waals surface area contributed by atoms with Gasteiger partial charge < -0.3 is 43.8 Å². The van der Waals surface area contributed by atoms with E-state index in [1.807, 2.05) is 32.1 Å². The Morgan fingerprint density at radius 1 is 1.12 bits per heavy atom. The molecule has 6 rings (SSSR count). The third-order valence-corrected chi connectivity index (χ3v) is 12.4. The number of rotatable bonds is 8. The van der Waals surface area contributed by atoms with Crippen LogP contribution in [0.25, 0.3) is 0 Å². The molecule has 0 aromatic carbocycles. The minimum Gasteiger partial charge on any atom is -0.457 e. The molecule has 2 aliphatic heterocycles. The first kappa shape index (κ1) is 37.2. The number of hydrogen-bond donors (Lipinski definition) is 4. The van der Waals surface area contributed by atoms with Crippen LogP contribution in [-0.4, -0.2) is 109 Å². The van der Waals surface area contributed by atoms with E-state index in [0.717, 1.165) is 25.9 Å². The molecule has 13 heteroatoms. The van der Waals surface area contributed by atoms with Crippen LogP contribution in [0.1, 0.15) is 63.9 Å². The molecule has 3 aliphatic carbocycles. The second kappa shape index (κ2) is 15.2. The zero-order chi connectivity index (χ0) is 36.6. The molecule has 2 saturated carbocycles. The first-order valence-electron chi connectivity index (χ1n) is 18.4. The summed E-state index contributed by atoms with van der Waals surface area (Å²) < 4.78 is 28.2. The average Bonchev–Trinajstić information content (AvgIpc) is 3.71. The zero-order valence-corrected chi connectivity index (χ0v) is 30.1. The second-order valence-electron chi connectivity index (χ2n) is 15.3. The fourth-order valence-electron chi connectivity index (χ4n) is 9.67. The fraction of sp³-hybridized carbons (Fsp3) is 0.684. The minimum atomic E-state index is -1.49. The lowest BCUT2D eigenvalue weighted by Crippen LogP contribution is -3.13. The smallest absolute Gasteiger partial charge is 0.417 e. The molecule has 4 N–H and O–H groups in total. The fourth-order valence-corrected chi connectivity index (χ4v) is 9.67. The van der Waals surface area contributed by atoms with Gasteiger partial charge in [0, 0.05) is 42.9 Å². The predicted octanol–water partition coefficient (Wildman–Crippen LogP) is 1.40. The van der Waals surface area contributed by atoms with Crippen molar-refractivity contribution in [1.29, 1.82) is 0 Å². The van der Waals surface area contributed by atoms with Gasteiger partial charge in [0.25, 0.3) is 0 Å². The van der Waals surface area contributed by atoms with Gasteiger partial charge in [-0.15, -0.1) is 0 Å². The van der Waals surface area contributed by atoms with Crippen LogP contribution in [0.3, 0.4) is 0 Å². The van der Waals surface area contributed by atoms with E-state index in [4.69, 9.17) is 23.7 Å². The molecule has 0 radical (unpaired) electrons. The van der Waals surface area contributed by atoms with Gasteiger partial charge in [-0.3, -0.25) is 0 Å². The molecule has 3 fully saturated rings. The molecule has 13 atom stereocenters. The summed E-state index contributed by atoms with van der Waals surface area (Å²) in [6.07, 6.45) is 6.41. The molecular formula is C38H53N2O11+. The van der Waals surface area contributed by atoms with Crippen molar-refractivity contribution in [3.05, 3.63) is 47.8 Å². The van der Waals surface area contributed by atoms with Crippen LogP contribution in [0.4, 0.5) is 0 Å². The Morgan fingerprint density at radius 2 is 1.86 bits per heavy atom. The van der Waals surface area contributed by atoms with Crippen LogP contribution in [0.15, 0.2) is 42.1 Å². The van der Waals surface area contributed by atoms with Gasteiger partial charge in [-0.05, 0) is 69.1 Å². The Morgan fingerprint density at radius 3 is 2.55 bits per heavy atom. The van der Waals surface area contributed by atoms with Gasteiger partial charge >= 0.3 is 23.9 Å². The number of aliphatic hydroxyl groups is 2. The number of nitrogens with one attached hydrogen (secondary N) is 2. The number of quaternary nitrogens is 1. The highest BCUT2D eigenvalue weighted by atomic mass is 16.6. The number of H-pyrrole nitrogens is 1. The van der Waals surface area contributed by atoms with Crippen molar-refractivity contribution in [2.45, 2.75) is 89.5 Å². The highest BCUT2D eigenvalue weighted by Crippen LogP contribution is 2.66. The molecule has 1 aromatic rings. The molecule has 0 amide bonds. The largest absolute Gasteiger partial charge is 0.457 e. The number of esters is 4. The maximum atomic E-state index is 13.6. The van der Waals surface area contributed by atoms with Crippen LogP contribution in [-0.2, 0) is 38.1 Å². The molecule has 13 nitrogen and oxygen atoms in total. The van der Waals surface area contributed by atoms with Crippen molar-refractivity contribution >= 4 is 23.9 Å². The van der Waals surface area contributed by atoms with E-state index in [2.05, 4.69) is 4.98 Å².